The first-order valence-electron chi connectivity index (χ1n) is 5.82. The van der Waals surface area contributed by atoms with E-state index < -0.39 is 10.8 Å². The van der Waals surface area contributed by atoms with Crippen LogP contribution in [0.25, 0.3) is 0 Å². The Balaban J connectivity index is 1.86. The van der Waals surface area contributed by atoms with E-state index in [9.17, 15) is 14.9 Å². The van der Waals surface area contributed by atoms with Crippen LogP contribution in [0, 0.1) is 10.1 Å². The van der Waals surface area contributed by atoms with Crippen LogP contribution in [-0.4, -0.2) is 31.9 Å². The number of hydrogen-bond acceptors (Lipinski definition) is 6. The van der Waals surface area contributed by atoms with Gasteiger partial charge in [-0.25, -0.2) is 5.43 Å². The van der Waals surface area contributed by atoms with Gasteiger partial charge < -0.3 is 5.11 Å². The Morgan fingerprint density at radius 1 is 1.48 bits per heavy atom. The summed E-state index contributed by atoms with van der Waals surface area (Å²) in [5.41, 5.74) is 2.78. The highest BCUT2D eigenvalue weighted by Crippen LogP contribution is 2.08. The van der Waals surface area contributed by atoms with Gasteiger partial charge in [-0.05, 0) is 29.8 Å². The van der Waals surface area contributed by atoms with Crippen LogP contribution >= 0.6 is 0 Å². The number of aromatic hydroxyl groups is 1. The van der Waals surface area contributed by atoms with E-state index in [1.807, 2.05) is 0 Å². The molecule has 0 atom stereocenters. The maximum Gasteiger partial charge on any atom is 0.307 e. The van der Waals surface area contributed by atoms with Gasteiger partial charge in [-0.1, -0.05) is 0 Å². The van der Waals surface area contributed by atoms with E-state index in [0.717, 1.165) is 17.1 Å². The summed E-state index contributed by atoms with van der Waals surface area (Å²) in [7, 11) is 0. The van der Waals surface area contributed by atoms with Gasteiger partial charge in [0.25, 0.3) is 5.91 Å². The van der Waals surface area contributed by atoms with Crippen LogP contribution in [0.5, 0.6) is 5.75 Å². The average molecular weight is 289 g/mol. The minimum Gasteiger partial charge on any atom is -0.508 e. The molecule has 2 rings (SSSR count). The zero-order valence-corrected chi connectivity index (χ0v) is 10.7. The van der Waals surface area contributed by atoms with E-state index in [4.69, 9.17) is 5.11 Å². The molecule has 1 heterocycles. The van der Waals surface area contributed by atoms with Crippen molar-refractivity contribution in [1.82, 2.24) is 15.2 Å². The number of amides is 1. The molecule has 0 saturated heterocycles. The Morgan fingerprint density at radius 3 is 2.81 bits per heavy atom. The minimum atomic E-state index is -0.593. The molecule has 0 radical (unpaired) electrons. The Kier molecular flexibility index (Phi) is 4.24. The second-order valence-electron chi connectivity index (χ2n) is 4.04. The fraction of sp³-hybridized carbons (Fsp3) is 0.0833. The lowest BCUT2D eigenvalue weighted by Gasteiger charge is -1.99. The molecule has 0 bridgehead atoms. The van der Waals surface area contributed by atoms with Gasteiger partial charge in [0.2, 0.25) is 0 Å². The molecule has 2 N–H and O–H groups in total. The van der Waals surface area contributed by atoms with Gasteiger partial charge >= 0.3 is 5.69 Å². The van der Waals surface area contributed by atoms with Crippen LogP contribution < -0.4 is 5.43 Å². The van der Waals surface area contributed by atoms with Crippen LogP contribution in [0.3, 0.4) is 0 Å². The van der Waals surface area contributed by atoms with Crippen LogP contribution in [0.15, 0.2) is 41.8 Å². The smallest absolute Gasteiger partial charge is 0.307 e. The standard InChI is InChI=1S/C12H11N5O4/c18-11-3-1-9(2-4-11)5-13-15-12(19)8-16-7-10(6-14-16)17(20)21/h1-7,18H,8H2,(H,15,19)/b13-5-. The predicted octanol–water partition coefficient (Wildman–Crippen LogP) is 0.647. The summed E-state index contributed by atoms with van der Waals surface area (Å²) in [6.07, 6.45) is 3.62. The Bertz CT molecular complexity index is 677. The average Bonchev–Trinajstić information content (AvgIpc) is 2.90. The highest BCUT2D eigenvalue weighted by Gasteiger charge is 2.10. The largest absolute Gasteiger partial charge is 0.508 e. The number of nitrogens with one attached hydrogen (secondary N) is 1. The Labute approximate surface area is 118 Å². The van der Waals surface area contributed by atoms with Gasteiger partial charge in [-0.2, -0.15) is 10.2 Å². The SMILES string of the molecule is O=C(Cn1cc([N+](=O)[O-])cn1)N/N=C\c1ccc(O)cc1. The summed E-state index contributed by atoms with van der Waals surface area (Å²) in [5.74, 6) is -0.334. The lowest BCUT2D eigenvalue weighted by atomic mass is 10.2. The molecule has 0 aliphatic heterocycles. The number of phenolic OH excluding ortho intramolecular Hbond substituents is 1. The van der Waals surface area contributed by atoms with Crippen molar-refractivity contribution in [2.75, 3.05) is 0 Å². The van der Waals surface area contributed by atoms with E-state index in [1.54, 1.807) is 12.1 Å². The number of nitro groups is 1. The molecule has 0 fully saturated rings. The maximum absolute atomic E-state index is 11.5. The number of hydrazone groups is 1. The number of carbonyl (C=O) groups excluding carboxylic acids is 1. The van der Waals surface area contributed by atoms with Gasteiger partial charge in [0, 0.05) is 0 Å². The first-order chi connectivity index (χ1) is 10.0. The molecule has 1 aromatic heterocycles. The summed E-state index contributed by atoms with van der Waals surface area (Å²) >= 11 is 0. The molecule has 108 valence electrons. The number of rotatable bonds is 5. The summed E-state index contributed by atoms with van der Waals surface area (Å²) in [4.78, 5) is 21.4. The third-order valence-electron chi connectivity index (χ3n) is 2.43. The molecule has 0 unspecified atom stereocenters. The van der Waals surface area contributed by atoms with Crippen LogP contribution in [0.1, 0.15) is 5.56 Å². The van der Waals surface area contributed by atoms with Crippen molar-refractivity contribution in [2.24, 2.45) is 5.10 Å². The fourth-order valence-electron chi connectivity index (χ4n) is 1.46. The highest BCUT2D eigenvalue weighted by molar-refractivity contribution is 5.82. The second kappa shape index (κ2) is 6.28. The molecule has 0 saturated carbocycles. The summed E-state index contributed by atoms with van der Waals surface area (Å²) in [5, 5.41) is 27.0. The number of phenols is 1. The minimum absolute atomic E-state index is 0.136. The molecule has 21 heavy (non-hydrogen) atoms. The van der Waals surface area contributed by atoms with E-state index in [1.165, 1.54) is 18.3 Å². The lowest BCUT2D eigenvalue weighted by Crippen LogP contribution is -2.23. The van der Waals surface area contributed by atoms with Crippen molar-refractivity contribution in [3.63, 3.8) is 0 Å². The highest BCUT2D eigenvalue weighted by atomic mass is 16.6. The van der Waals surface area contributed by atoms with Gasteiger partial charge in [-0.15, -0.1) is 0 Å². The summed E-state index contributed by atoms with van der Waals surface area (Å²) in [6.45, 7) is -0.180. The van der Waals surface area contributed by atoms with E-state index in [2.05, 4.69) is 15.6 Å². The van der Waals surface area contributed by atoms with Gasteiger partial charge in [0.1, 0.15) is 24.7 Å². The number of nitrogens with zero attached hydrogens (tertiary/aromatic N) is 4. The molecular formula is C12H11N5O4. The van der Waals surface area contributed by atoms with E-state index >= 15 is 0 Å². The quantitative estimate of drug-likeness (QED) is 0.475. The summed E-state index contributed by atoms with van der Waals surface area (Å²) < 4.78 is 1.14. The zero-order valence-electron chi connectivity index (χ0n) is 10.7. The molecule has 1 amide bonds. The molecule has 1 aromatic carbocycles. The van der Waals surface area contributed by atoms with Crippen molar-refractivity contribution < 1.29 is 14.8 Å². The molecule has 2 aromatic rings. The number of aromatic nitrogens is 2. The predicted molar refractivity (Wildman–Crippen MR) is 72.7 cm³/mol. The van der Waals surface area contributed by atoms with Crippen molar-refractivity contribution in [3.8, 4) is 5.75 Å². The molecule has 9 nitrogen and oxygen atoms in total. The van der Waals surface area contributed by atoms with Crippen LogP contribution in [0.2, 0.25) is 0 Å². The zero-order chi connectivity index (χ0) is 15.2. The number of benzene rings is 1. The molecular weight excluding hydrogens is 278 g/mol. The van der Waals surface area contributed by atoms with Crippen molar-refractivity contribution in [3.05, 3.63) is 52.3 Å². The van der Waals surface area contributed by atoms with Gasteiger partial charge in [0.05, 0.1) is 11.1 Å². The number of hydrogen-bond donors (Lipinski definition) is 2. The third-order valence-corrected chi connectivity index (χ3v) is 2.43. The van der Waals surface area contributed by atoms with Crippen molar-refractivity contribution in [1.29, 1.82) is 0 Å². The molecule has 0 spiro atoms. The normalized spacial score (nSPS) is 10.7. The van der Waals surface area contributed by atoms with Crippen LogP contribution in [-0.2, 0) is 11.3 Å². The fourth-order valence-corrected chi connectivity index (χ4v) is 1.46. The van der Waals surface area contributed by atoms with Crippen molar-refractivity contribution >= 4 is 17.8 Å². The molecule has 9 heteroatoms. The Morgan fingerprint density at radius 2 is 2.19 bits per heavy atom. The van der Waals surface area contributed by atoms with Gasteiger partial charge in [0.15, 0.2) is 0 Å². The first-order valence-corrected chi connectivity index (χ1v) is 5.82. The molecule has 0 aliphatic rings. The third kappa shape index (κ3) is 4.13. The number of carbonyl (C=O) groups is 1. The van der Waals surface area contributed by atoms with E-state index in [0.29, 0.717) is 5.56 Å². The van der Waals surface area contributed by atoms with Crippen molar-refractivity contribution in [2.45, 2.75) is 6.54 Å². The van der Waals surface area contributed by atoms with Crippen LogP contribution in [0.4, 0.5) is 5.69 Å². The lowest BCUT2D eigenvalue weighted by molar-refractivity contribution is -0.385. The Hall–Kier alpha value is -3.23. The summed E-state index contributed by atoms with van der Waals surface area (Å²) in [6, 6.07) is 6.24. The molecule has 0 aliphatic carbocycles. The monoisotopic (exact) mass is 289 g/mol. The van der Waals surface area contributed by atoms with Gasteiger partial charge in [-0.3, -0.25) is 19.6 Å². The van der Waals surface area contributed by atoms with E-state index in [-0.39, 0.29) is 18.0 Å². The second-order valence-corrected chi connectivity index (χ2v) is 4.04. The first kappa shape index (κ1) is 14.2. The topological polar surface area (TPSA) is 123 Å². The maximum atomic E-state index is 11.5.